The lowest BCUT2D eigenvalue weighted by atomic mass is 9.92. The van der Waals surface area contributed by atoms with E-state index >= 15 is 0 Å². The van der Waals surface area contributed by atoms with Gasteiger partial charge in [-0.3, -0.25) is 0 Å². The molecule has 3 aliphatic carbocycles. The number of benzene rings is 8. The summed E-state index contributed by atoms with van der Waals surface area (Å²) in [5.74, 6) is 2.19. The van der Waals surface area contributed by atoms with Crippen molar-refractivity contribution in [2.24, 2.45) is 0 Å². The first-order valence-corrected chi connectivity index (χ1v) is 23.3. The molecule has 2 aromatic heterocycles. The van der Waals surface area contributed by atoms with Gasteiger partial charge in [0.05, 0.1) is 11.4 Å². The Balaban J connectivity index is 0.949. The molecule has 10 aromatic rings. The van der Waals surface area contributed by atoms with Crippen LogP contribution >= 0.6 is 0 Å². The Morgan fingerprint density at radius 1 is 0.540 bits per heavy atom. The van der Waals surface area contributed by atoms with Crippen molar-refractivity contribution in [3.8, 4) is 0 Å². The number of hydrogen-bond donors (Lipinski definition) is 1. The SMILES string of the molecule is Cc1cc(C)cc(N(C2=CC=Cc3c(oc4c(C5CCCC5)cccc34)C2)c2ccc3ccc4c(Nc5cccc6c5oc5c(C7CCCC7)cccc56)ccc5ccc2c3c54)c1. The molecule has 63 heavy (non-hydrogen) atoms. The topological polar surface area (TPSA) is 41.6 Å². The molecule has 2 fully saturated rings. The Morgan fingerprint density at radius 3 is 1.87 bits per heavy atom. The molecule has 308 valence electrons. The Morgan fingerprint density at radius 2 is 1.14 bits per heavy atom. The van der Waals surface area contributed by atoms with Crippen LogP contribution in [0.15, 0.2) is 148 Å². The summed E-state index contributed by atoms with van der Waals surface area (Å²) in [7, 11) is 0. The van der Waals surface area contributed by atoms with Crippen molar-refractivity contribution >= 4 is 94.1 Å². The summed E-state index contributed by atoms with van der Waals surface area (Å²) in [6.45, 7) is 4.41. The van der Waals surface area contributed by atoms with Crippen molar-refractivity contribution in [1.29, 1.82) is 0 Å². The quantitative estimate of drug-likeness (QED) is 0.163. The summed E-state index contributed by atoms with van der Waals surface area (Å²) in [5, 5.41) is 14.9. The standard InChI is InChI=1S/C59H50N2O2/c1-35-31-36(2)33-42(32-35)61(41-15-7-18-45-46-19-8-16-43(37-11-3-4-12-37)57(46)62-54(45)34-41)53-30-26-40-23-27-49-51(29-25-39-24-28-50(53)56(40)55(39)49)60-52-22-10-21-48-47-20-9-17-44(38-13-5-6-14-38)58(47)63-59(48)52/h7-10,15-33,37-38,60H,3-6,11-14,34H2,1-2H3. The molecule has 0 bridgehead atoms. The average Bonchev–Trinajstić information content (AvgIpc) is 4.13. The number of allylic oxidation sites excluding steroid dienone is 3. The normalized spacial score (nSPS) is 16.1. The highest BCUT2D eigenvalue weighted by atomic mass is 16.3. The van der Waals surface area contributed by atoms with E-state index in [9.17, 15) is 0 Å². The van der Waals surface area contributed by atoms with Gasteiger partial charge in [-0.25, -0.2) is 0 Å². The summed E-state index contributed by atoms with van der Waals surface area (Å²) in [6, 6.07) is 45.4. The molecule has 2 heterocycles. The van der Waals surface area contributed by atoms with Gasteiger partial charge in [0.2, 0.25) is 0 Å². The van der Waals surface area contributed by atoms with E-state index in [1.807, 2.05) is 0 Å². The maximum Gasteiger partial charge on any atom is 0.158 e. The zero-order valence-corrected chi connectivity index (χ0v) is 36.1. The van der Waals surface area contributed by atoms with Gasteiger partial charge in [0.25, 0.3) is 0 Å². The minimum atomic E-state index is 0.575. The highest BCUT2D eigenvalue weighted by Gasteiger charge is 2.28. The summed E-state index contributed by atoms with van der Waals surface area (Å²) in [6.07, 6.45) is 17.7. The van der Waals surface area contributed by atoms with Gasteiger partial charge in [-0.05, 0) is 132 Å². The Labute approximate surface area is 367 Å². The van der Waals surface area contributed by atoms with E-state index in [-0.39, 0.29) is 0 Å². The van der Waals surface area contributed by atoms with E-state index in [0.717, 1.165) is 50.6 Å². The van der Waals surface area contributed by atoms with Gasteiger partial charge in [0.1, 0.15) is 16.9 Å². The summed E-state index contributed by atoms with van der Waals surface area (Å²) >= 11 is 0. The van der Waals surface area contributed by atoms with Crippen LogP contribution in [0, 0.1) is 13.8 Å². The number of hydrogen-bond acceptors (Lipinski definition) is 4. The number of nitrogens with zero attached hydrogens (tertiary/aromatic N) is 1. The summed E-state index contributed by atoms with van der Waals surface area (Å²) < 4.78 is 13.9. The summed E-state index contributed by atoms with van der Waals surface area (Å²) in [4.78, 5) is 2.50. The third kappa shape index (κ3) is 5.87. The van der Waals surface area contributed by atoms with E-state index in [1.54, 1.807) is 0 Å². The molecule has 1 N–H and O–H groups in total. The van der Waals surface area contributed by atoms with Crippen LogP contribution in [0.2, 0.25) is 0 Å². The number of rotatable bonds is 7. The van der Waals surface area contributed by atoms with Crippen LogP contribution in [0.1, 0.15) is 96.8 Å². The number of aryl methyl sites for hydroxylation is 2. The van der Waals surface area contributed by atoms with E-state index in [4.69, 9.17) is 8.83 Å². The number of nitrogens with one attached hydrogen (secondary N) is 1. The number of fused-ring (bicyclic) bond motifs is 6. The van der Waals surface area contributed by atoms with Crippen molar-refractivity contribution in [3.05, 3.63) is 173 Å². The van der Waals surface area contributed by atoms with E-state index in [0.29, 0.717) is 18.3 Å². The second-order valence-corrected chi connectivity index (χ2v) is 18.8. The first kappa shape index (κ1) is 36.8. The Bertz CT molecular complexity index is 3490. The molecule has 8 aromatic carbocycles. The first-order valence-electron chi connectivity index (χ1n) is 23.3. The molecule has 3 aliphatic rings. The average molecular weight is 819 g/mol. The number of para-hydroxylation sites is 3. The van der Waals surface area contributed by atoms with E-state index in [2.05, 4.69) is 164 Å². The van der Waals surface area contributed by atoms with Crippen molar-refractivity contribution in [2.45, 2.75) is 83.5 Å². The van der Waals surface area contributed by atoms with Crippen LogP contribution in [-0.2, 0) is 6.42 Å². The summed E-state index contributed by atoms with van der Waals surface area (Å²) in [5.41, 5.74) is 15.1. The molecule has 0 aliphatic heterocycles. The Hall–Kier alpha value is -6.78. The van der Waals surface area contributed by atoms with Gasteiger partial charge in [-0.15, -0.1) is 0 Å². The molecule has 0 spiro atoms. The fourth-order valence-electron chi connectivity index (χ4n) is 12.0. The number of anilines is 4. The van der Waals surface area contributed by atoms with Crippen molar-refractivity contribution in [1.82, 2.24) is 0 Å². The highest BCUT2D eigenvalue weighted by Crippen LogP contribution is 2.48. The largest absolute Gasteiger partial charge is 0.460 e. The van der Waals surface area contributed by atoms with Crippen molar-refractivity contribution in [3.63, 3.8) is 0 Å². The maximum atomic E-state index is 7.00. The molecule has 0 unspecified atom stereocenters. The molecular formula is C59H50N2O2. The van der Waals surface area contributed by atoms with Gasteiger partial charge in [-0.2, -0.15) is 0 Å². The van der Waals surface area contributed by atoms with Crippen LogP contribution in [0.25, 0.3) is 71.3 Å². The second kappa shape index (κ2) is 14.4. The number of furan rings is 2. The van der Waals surface area contributed by atoms with Crippen LogP contribution in [-0.4, -0.2) is 0 Å². The lowest BCUT2D eigenvalue weighted by Gasteiger charge is -2.30. The fourth-order valence-corrected chi connectivity index (χ4v) is 12.0. The fraction of sp³-hybridized carbons (Fsp3) is 0.220. The van der Waals surface area contributed by atoms with Crippen LogP contribution < -0.4 is 10.2 Å². The molecule has 0 radical (unpaired) electrons. The van der Waals surface area contributed by atoms with Gasteiger partial charge in [0.15, 0.2) is 5.58 Å². The minimum absolute atomic E-state index is 0.575. The maximum absolute atomic E-state index is 7.00. The third-order valence-corrected chi connectivity index (χ3v) is 14.8. The Kier molecular flexibility index (Phi) is 8.41. The lowest BCUT2D eigenvalue weighted by molar-refractivity contribution is 0.550. The van der Waals surface area contributed by atoms with Gasteiger partial charge in [-0.1, -0.05) is 129 Å². The van der Waals surface area contributed by atoms with Crippen LogP contribution in [0.5, 0.6) is 0 Å². The molecule has 0 atom stereocenters. The molecule has 0 saturated heterocycles. The molecule has 0 amide bonds. The highest BCUT2D eigenvalue weighted by molar-refractivity contribution is 6.28. The third-order valence-electron chi connectivity index (χ3n) is 14.8. The van der Waals surface area contributed by atoms with Crippen LogP contribution in [0.4, 0.5) is 22.7 Å². The smallest absolute Gasteiger partial charge is 0.158 e. The van der Waals surface area contributed by atoms with Crippen molar-refractivity contribution < 1.29 is 8.83 Å². The minimum Gasteiger partial charge on any atom is -0.460 e. The van der Waals surface area contributed by atoms with Gasteiger partial charge in [0, 0.05) is 56.0 Å². The monoisotopic (exact) mass is 818 g/mol. The molecule has 13 rings (SSSR count). The molecule has 4 nitrogen and oxygen atoms in total. The first-order chi connectivity index (χ1) is 31.0. The predicted molar refractivity (Wildman–Crippen MR) is 265 cm³/mol. The molecule has 2 saturated carbocycles. The molecule has 4 heteroatoms. The predicted octanol–water partition coefficient (Wildman–Crippen LogP) is 17.2. The lowest BCUT2D eigenvalue weighted by Crippen LogP contribution is -2.19. The molecular weight excluding hydrogens is 769 g/mol. The zero-order chi connectivity index (χ0) is 41.8. The van der Waals surface area contributed by atoms with E-state index < -0.39 is 0 Å². The van der Waals surface area contributed by atoms with Crippen LogP contribution in [0.3, 0.4) is 0 Å². The van der Waals surface area contributed by atoms with E-state index in [1.165, 1.54) is 128 Å². The van der Waals surface area contributed by atoms with Crippen molar-refractivity contribution in [2.75, 3.05) is 10.2 Å². The second-order valence-electron chi connectivity index (χ2n) is 18.8. The van der Waals surface area contributed by atoms with Gasteiger partial charge >= 0.3 is 0 Å². The van der Waals surface area contributed by atoms with Gasteiger partial charge < -0.3 is 19.1 Å². The zero-order valence-electron chi connectivity index (χ0n) is 36.1.